The molecule has 3 atom stereocenters. The molecule has 1 aliphatic heterocycles. The molecule has 0 unspecified atom stereocenters. The zero-order chi connectivity index (χ0) is 15.2. The largest absolute Gasteiger partial charge is 0.508 e. The van der Waals surface area contributed by atoms with Crippen LogP contribution >= 0.6 is 0 Å². The molecule has 0 saturated heterocycles. The summed E-state index contributed by atoms with van der Waals surface area (Å²) in [7, 11) is 0. The molecular weight excluding hydrogens is 272 g/mol. The summed E-state index contributed by atoms with van der Waals surface area (Å²) in [5.41, 5.74) is 0.897. The van der Waals surface area contributed by atoms with Crippen molar-refractivity contribution in [2.75, 3.05) is 6.61 Å². The third-order valence-electron chi connectivity index (χ3n) is 3.09. The molecule has 0 fully saturated rings. The highest BCUT2D eigenvalue weighted by atomic mass is 16.6. The van der Waals surface area contributed by atoms with Gasteiger partial charge in [-0.15, -0.1) is 0 Å². The lowest BCUT2D eigenvalue weighted by atomic mass is 10.0. The SMILES string of the molecule is C=CO[C@H]1C=C[C@@H](c2ccc(O)cc2)O[C@@H]1COC(C)=O. The molecule has 1 aromatic rings. The van der Waals surface area contributed by atoms with Gasteiger partial charge in [-0.1, -0.05) is 24.8 Å². The van der Waals surface area contributed by atoms with E-state index in [1.807, 2.05) is 12.2 Å². The van der Waals surface area contributed by atoms with Gasteiger partial charge in [-0.3, -0.25) is 4.79 Å². The molecule has 5 heteroatoms. The minimum absolute atomic E-state index is 0.104. The second-order valence-electron chi connectivity index (χ2n) is 4.64. The second-order valence-corrected chi connectivity index (χ2v) is 4.64. The Hall–Kier alpha value is -2.27. The maximum atomic E-state index is 11.0. The van der Waals surface area contributed by atoms with E-state index >= 15 is 0 Å². The first-order chi connectivity index (χ1) is 10.1. The maximum Gasteiger partial charge on any atom is 0.302 e. The zero-order valence-electron chi connectivity index (χ0n) is 11.8. The number of aromatic hydroxyl groups is 1. The van der Waals surface area contributed by atoms with Gasteiger partial charge in [-0.2, -0.15) is 0 Å². The first kappa shape index (κ1) is 15.1. The highest BCUT2D eigenvalue weighted by Crippen LogP contribution is 2.28. The predicted molar refractivity (Wildman–Crippen MR) is 76.6 cm³/mol. The Kier molecular flexibility index (Phi) is 5.00. The molecule has 0 aromatic heterocycles. The Morgan fingerprint density at radius 2 is 2.10 bits per heavy atom. The highest BCUT2D eigenvalue weighted by Gasteiger charge is 2.29. The van der Waals surface area contributed by atoms with E-state index in [0.717, 1.165) is 5.56 Å². The third kappa shape index (κ3) is 4.10. The molecule has 5 nitrogen and oxygen atoms in total. The summed E-state index contributed by atoms with van der Waals surface area (Å²) in [5, 5.41) is 9.32. The van der Waals surface area contributed by atoms with Gasteiger partial charge in [0, 0.05) is 6.92 Å². The normalized spacial score (nSPS) is 24.3. The lowest BCUT2D eigenvalue weighted by Crippen LogP contribution is -2.37. The number of hydrogen-bond donors (Lipinski definition) is 1. The fraction of sp³-hybridized carbons (Fsp3) is 0.312. The Labute approximate surface area is 123 Å². The summed E-state index contributed by atoms with van der Waals surface area (Å²) in [5.74, 6) is -0.172. The molecule has 0 radical (unpaired) electrons. The Bertz CT molecular complexity index is 520. The van der Waals surface area contributed by atoms with E-state index in [0.29, 0.717) is 0 Å². The van der Waals surface area contributed by atoms with Crippen LogP contribution in [0.25, 0.3) is 0 Å². The number of phenolic OH excluding ortho intramolecular Hbond substituents is 1. The summed E-state index contributed by atoms with van der Waals surface area (Å²) in [6.07, 6.45) is 4.00. The summed E-state index contributed by atoms with van der Waals surface area (Å²) >= 11 is 0. The average molecular weight is 290 g/mol. The van der Waals surface area contributed by atoms with Crippen LogP contribution in [0.4, 0.5) is 0 Å². The maximum absolute atomic E-state index is 11.0. The van der Waals surface area contributed by atoms with Gasteiger partial charge in [0.25, 0.3) is 0 Å². The highest BCUT2D eigenvalue weighted by molar-refractivity contribution is 5.65. The molecular formula is C16H18O5. The van der Waals surface area contributed by atoms with Crippen LogP contribution in [0.2, 0.25) is 0 Å². The van der Waals surface area contributed by atoms with Crippen molar-refractivity contribution < 1.29 is 24.1 Å². The molecule has 1 aromatic carbocycles. The van der Waals surface area contributed by atoms with Crippen molar-refractivity contribution in [2.45, 2.75) is 25.2 Å². The third-order valence-corrected chi connectivity index (χ3v) is 3.09. The molecule has 1 N–H and O–H groups in total. The molecule has 112 valence electrons. The lowest BCUT2D eigenvalue weighted by molar-refractivity contribution is -0.151. The van der Waals surface area contributed by atoms with Gasteiger partial charge in [0.15, 0.2) is 0 Å². The van der Waals surface area contributed by atoms with Crippen molar-refractivity contribution in [2.24, 2.45) is 0 Å². The summed E-state index contributed by atoms with van der Waals surface area (Å²) in [4.78, 5) is 11.0. The van der Waals surface area contributed by atoms with Crippen molar-refractivity contribution in [3.8, 4) is 5.75 Å². The summed E-state index contributed by atoms with van der Waals surface area (Å²) in [6.45, 7) is 4.97. The number of carbonyl (C=O) groups is 1. The minimum Gasteiger partial charge on any atom is -0.508 e. The summed E-state index contributed by atoms with van der Waals surface area (Å²) < 4.78 is 16.3. The number of carbonyl (C=O) groups excluding carboxylic acids is 1. The fourth-order valence-electron chi connectivity index (χ4n) is 2.08. The summed E-state index contributed by atoms with van der Waals surface area (Å²) in [6, 6.07) is 6.75. The number of ether oxygens (including phenoxy) is 3. The standard InChI is InChI=1S/C16H18O5/c1-3-19-15-9-8-14(12-4-6-13(18)7-5-12)21-16(15)10-20-11(2)17/h3-9,14-16,18H,1,10H2,2H3/t14-,15-,16+/m0/s1. The van der Waals surface area contributed by atoms with Gasteiger partial charge in [0.2, 0.25) is 0 Å². The number of rotatable bonds is 5. The van der Waals surface area contributed by atoms with Crippen molar-refractivity contribution >= 4 is 5.97 Å². The van der Waals surface area contributed by atoms with Gasteiger partial charge < -0.3 is 19.3 Å². The monoisotopic (exact) mass is 290 g/mol. The van der Waals surface area contributed by atoms with Crippen LogP contribution in [-0.2, 0) is 19.0 Å². The van der Waals surface area contributed by atoms with E-state index in [1.54, 1.807) is 24.3 Å². The van der Waals surface area contributed by atoms with Crippen LogP contribution in [-0.4, -0.2) is 29.9 Å². The van der Waals surface area contributed by atoms with E-state index in [4.69, 9.17) is 14.2 Å². The van der Waals surface area contributed by atoms with Crippen molar-refractivity contribution in [1.29, 1.82) is 0 Å². The molecule has 0 bridgehead atoms. The Morgan fingerprint density at radius 1 is 1.38 bits per heavy atom. The van der Waals surface area contributed by atoms with Crippen molar-refractivity contribution in [1.82, 2.24) is 0 Å². The van der Waals surface area contributed by atoms with Crippen LogP contribution < -0.4 is 0 Å². The van der Waals surface area contributed by atoms with E-state index in [9.17, 15) is 9.90 Å². The molecule has 0 saturated carbocycles. The number of benzene rings is 1. The van der Waals surface area contributed by atoms with Crippen molar-refractivity contribution in [3.05, 3.63) is 54.8 Å². The topological polar surface area (TPSA) is 65.0 Å². The molecule has 0 amide bonds. The molecule has 1 heterocycles. The van der Waals surface area contributed by atoms with E-state index in [1.165, 1.54) is 13.2 Å². The first-order valence-corrected chi connectivity index (χ1v) is 6.62. The fourth-order valence-corrected chi connectivity index (χ4v) is 2.08. The van der Waals surface area contributed by atoms with E-state index < -0.39 is 6.10 Å². The number of phenols is 1. The zero-order valence-corrected chi connectivity index (χ0v) is 11.8. The van der Waals surface area contributed by atoms with Crippen LogP contribution in [0.5, 0.6) is 5.75 Å². The smallest absolute Gasteiger partial charge is 0.302 e. The molecule has 2 rings (SSSR count). The molecule has 21 heavy (non-hydrogen) atoms. The van der Waals surface area contributed by atoms with Crippen LogP contribution in [0, 0.1) is 0 Å². The quantitative estimate of drug-likeness (QED) is 0.513. The molecule has 0 aliphatic carbocycles. The second kappa shape index (κ2) is 6.95. The number of esters is 1. The predicted octanol–water partition coefficient (Wildman–Crippen LogP) is 2.48. The minimum atomic E-state index is -0.421. The van der Waals surface area contributed by atoms with Gasteiger partial charge in [-0.25, -0.2) is 0 Å². The van der Waals surface area contributed by atoms with Gasteiger partial charge in [0.05, 0.1) is 6.26 Å². The Morgan fingerprint density at radius 3 is 2.71 bits per heavy atom. The lowest BCUT2D eigenvalue weighted by Gasteiger charge is -2.31. The van der Waals surface area contributed by atoms with Gasteiger partial charge in [0.1, 0.15) is 30.7 Å². The van der Waals surface area contributed by atoms with Crippen molar-refractivity contribution in [3.63, 3.8) is 0 Å². The first-order valence-electron chi connectivity index (χ1n) is 6.62. The number of hydrogen-bond acceptors (Lipinski definition) is 5. The average Bonchev–Trinajstić information content (AvgIpc) is 2.47. The van der Waals surface area contributed by atoms with E-state index in [-0.39, 0.29) is 30.5 Å². The van der Waals surface area contributed by atoms with E-state index in [2.05, 4.69) is 6.58 Å². The van der Waals surface area contributed by atoms with Gasteiger partial charge in [-0.05, 0) is 23.8 Å². The van der Waals surface area contributed by atoms with Gasteiger partial charge >= 0.3 is 5.97 Å². The van der Waals surface area contributed by atoms with Crippen LogP contribution in [0.15, 0.2) is 49.3 Å². The molecule has 1 aliphatic rings. The van der Waals surface area contributed by atoms with Crippen LogP contribution in [0.1, 0.15) is 18.6 Å². The molecule has 0 spiro atoms. The Balaban J connectivity index is 2.11. The van der Waals surface area contributed by atoms with Crippen LogP contribution in [0.3, 0.4) is 0 Å².